The second-order valence-corrected chi connectivity index (χ2v) is 3.89. The first-order valence-electron chi connectivity index (χ1n) is 5.06. The van der Waals surface area contributed by atoms with Crippen LogP contribution >= 0.6 is 15.9 Å². The Kier molecular flexibility index (Phi) is 5.09. The summed E-state index contributed by atoms with van der Waals surface area (Å²) in [6.45, 7) is 2.27. The highest BCUT2D eigenvalue weighted by molar-refractivity contribution is 9.09. The van der Waals surface area contributed by atoms with E-state index in [2.05, 4.69) is 15.9 Å². The minimum Gasteiger partial charge on any atom is -0.494 e. The van der Waals surface area contributed by atoms with E-state index in [1.165, 1.54) is 18.2 Å². The molecule has 0 aliphatic heterocycles. The van der Waals surface area contributed by atoms with E-state index in [0.29, 0.717) is 17.9 Å². The van der Waals surface area contributed by atoms with E-state index < -0.39 is 4.92 Å². The predicted octanol–water partition coefficient (Wildman–Crippen LogP) is 2.50. The Hall–Kier alpha value is -1.43. The van der Waals surface area contributed by atoms with Gasteiger partial charge in [-0.1, -0.05) is 15.9 Å². The first kappa shape index (κ1) is 13.6. The number of carbonyl (C=O) groups excluding carboxylic acids is 1. The number of non-ortho nitro benzene ring substituents is 1. The Balaban J connectivity index is 3.06. The highest BCUT2D eigenvalue weighted by Crippen LogP contribution is 2.25. The molecule has 0 bridgehead atoms. The lowest BCUT2D eigenvalue weighted by molar-refractivity contribution is -0.384. The summed E-state index contributed by atoms with van der Waals surface area (Å²) in [7, 11) is 0. The summed E-state index contributed by atoms with van der Waals surface area (Å²) in [5.74, 6) is 0.471. The van der Waals surface area contributed by atoms with Crippen molar-refractivity contribution in [3.05, 3.63) is 33.9 Å². The van der Waals surface area contributed by atoms with Crippen molar-refractivity contribution in [3.63, 3.8) is 0 Å². The number of hydrogen-bond acceptors (Lipinski definition) is 4. The summed E-state index contributed by atoms with van der Waals surface area (Å²) in [4.78, 5) is 21.5. The zero-order chi connectivity index (χ0) is 12.8. The number of nitro benzene ring substituents is 1. The van der Waals surface area contributed by atoms with Crippen LogP contribution in [0, 0.1) is 10.1 Å². The standard InChI is InChI=1S/C11H12BrNO4/c1-2-17-11-4-3-9(13(15)16)5-8(11)6-10(14)7-12/h3-5H,2,6-7H2,1H3. The van der Waals surface area contributed by atoms with E-state index in [9.17, 15) is 14.9 Å². The second-order valence-electron chi connectivity index (χ2n) is 3.33. The van der Waals surface area contributed by atoms with Crippen LogP contribution in [0.2, 0.25) is 0 Å². The van der Waals surface area contributed by atoms with Crippen LogP contribution in [-0.4, -0.2) is 22.6 Å². The largest absolute Gasteiger partial charge is 0.494 e. The fourth-order valence-corrected chi connectivity index (χ4v) is 1.57. The van der Waals surface area contributed by atoms with Crippen LogP contribution in [0.3, 0.4) is 0 Å². The molecule has 17 heavy (non-hydrogen) atoms. The second kappa shape index (κ2) is 6.34. The Morgan fingerprint density at radius 3 is 2.76 bits per heavy atom. The minimum absolute atomic E-state index is 0.0363. The number of halogens is 1. The molecule has 6 heteroatoms. The number of rotatable bonds is 6. The van der Waals surface area contributed by atoms with Crippen molar-refractivity contribution in [1.82, 2.24) is 0 Å². The molecule has 0 fully saturated rings. The molecule has 0 saturated heterocycles. The molecule has 0 atom stereocenters. The van der Waals surface area contributed by atoms with Crippen molar-refractivity contribution >= 4 is 27.4 Å². The fourth-order valence-electron chi connectivity index (χ4n) is 1.37. The maximum absolute atomic E-state index is 11.3. The van der Waals surface area contributed by atoms with E-state index in [1.54, 1.807) is 0 Å². The van der Waals surface area contributed by atoms with Gasteiger partial charge in [0, 0.05) is 24.1 Å². The molecule has 0 aliphatic rings. The van der Waals surface area contributed by atoms with Gasteiger partial charge in [0.25, 0.3) is 5.69 Å². The molecule has 0 radical (unpaired) electrons. The molecule has 1 aromatic carbocycles. The van der Waals surface area contributed by atoms with E-state index >= 15 is 0 Å². The zero-order valence-corrected chi connectivity index (χ0v) is 10.9. The van der Waals surface area contributed by atoms with Gasteiger partial charge in [0.15, 0.2) is 0 Å². The van der Waals surface area contributed by atoms with Gasteiger partial charge in [0.1, 0.15) is 11.5 Å². The van der Waals surface area contributed by atoms with E-state index in [0.717, 1.165) is 0 Å². The lowest BCUT2D eigenvalue weighted by Gasteiger charge is -2.08. The number of nitrogens with zero attached hydrogens (tertiary/aromatic N) is 1. The highest BCUT2D eigenvalue weighted by Gasteiger charge is 2.13. The van der Waals surface area contributed by atoms with Gasteiger partial charge >= 0.3 is 0 Å². The van der Waals surface area contributed by atoms with Crippen molar-refractivity contribution in [2.24, 2.45) is 0 Å². The van der Waals surface area contributed by atoms with Crippen LogP contribution in [0.15, 0.2) is 18.2 Å². The normalized spacial score (nSPS) is 10.0. The first-order chi connectivity index (χ1) is 8.08. The van der Waals surface area contributed by atoms with Crippen LogP contribution in [0.25, 0.3) is 0 Å². The quantitative estimate of drug-likeness (QED) is 0.460. The molecular weight excluding hydrogens is 290 g/mol. The van der Waals surface area contributed by atoms with Crippen molar-refractivity contribution in [2.45, 2.75) is 13.3 Å². The van der Waals surface area contributed by atoms with E-state index in [1.807, 2.05) is 6.92 Å². The molecule has 0 unspecified atom stereocenters. The average Bonchev–Trinajstić information content (AvgIpc) is 2.31. The van der Waals surface area contributed by atoms with Crippen molar-refractivity contribution in [3.8, 4) is 5.75 Å². The molecule has 1 aromatic rings. The SMILES string of the molecule is CCOc1ccc([N+](=O)[O-])cc1CC(=O)CBr. The molecule has 92 valence electrons. The minimum atomic E-state index is -0.488. The maximum atomic E-state index is 11.3. The van der Waals surface area contributed by atoms with Gasteiger partial charge in [0.05, 0.1) is 16.9 Å². The topological polar surface area (TPSA) is 69.4 Å². The zero-order valence-electron chi connectivity index (χ0n) is 9.31. The Bertz CT molecular complexity index is 433. The van der Waals surface area contributed by atoms with Crippen LogP contribution in [0.1, 0.15) is 12.5 Å². The van der Waals surface area contributed by atoms with Crippen LogP contribution < -0.4 is 4.74 Å². The summed E-state index contributed by atoms with van der Waals surface area (Å²) < 4.78 is 5.33. The third-order valence-electron chi connectivity index (χ3n) is 2.09. The number of hydrogen-bond donors (Lipinski definition) is 0. The molecule has 0 heterocycles. The number of nitro groups is 1. The van der Waals surface area contributed by atoms with Crippen molar-refractivity contribution < 1.29 is 14.5 Å². The third kappa shape index (κ3) is 3.81. The van der Waals surface area contributed by atoms with Crippen LogP contribution in [-0.2, 0) is 11.2 Å². The fraction of sp³-hybridized carbons (Fsp3) is 0.364. The first-order valence-corrected chi connectivity index (χ1v) is 6.18. The smallest absolute Gasteiger partial charge is 0.269 e. The molecule has 0 spiro atoms. The summed E-state index contributed by atoms with van der Waals surface area (Å²) in [5.41, 5.74) is 0.510. The number of alkyl halides is 1. The number of Topliss-reactive ketones (excluding diaryl/α,β-unsaturated/α-hetero) is 1. The Morgan fingerprint density at radius 1 is 1.53 bits per heavy atom. The number of carbonyl (C=O) groups is 1. The monoisotopic (exact) mass is 301 g/mol. The van der Waals surface area contributed by atoms with Crippen molar-refractivity contribution in [1.29, 1.82) is 0 Å². The van der Waals surface area contributed by atoms with Gasteiger partial charge in [-0.15, -0.1) is 0 Å². The molecule has 1 rings (SSSR count). The van der Waals surface area contributed by atoms with Crippen LogP contribution in [0.5, 0.6) is 5.75 Å². The molecule has 0 saturated carbocycles. The van der Waals surface area contributed by atoms with E-state index in [-0.39, 0.29) is 23.2 Å². The number of ketones is 1. The predicted molar refractivity (Wildman–Crippen MR) is 66.8 cm³/mol. The van der Waals surface area contributed by atoms with Gasteiger partial charge in [-0.25, -0.2) is 0 Å². The molecule has 0 amide bonds. The van der Waals surface area contributed by atoms with Gasteiger partial charge in [-0.2, -0.15) is 0 Å². The average molecular weight is 302 g/mol. The van der Waals surface area contributed by atoms with Gasteiger partial charge in [-0.3, -0.25) is 14.9 Å². The Morgan fingerprint density at radius 2 is 2.24 bits per heavy atom. The molecular formula is C11H12BrNO4. The molecule has 0 aromatic heterocycles. The molecule has 5 nitrogen and oxygen atoms in total. The Labute approximate surface area is 107 Å². The maximum Gasteiger partial charge on any atom is 0.269 e. The van der Waals surface area contributed by atoms with Crippen molar-refractivity contribution in [2.75, 3.05) is 11.9 Å². The number of benzene rings is 1. The number of ether oxygens (including phenoxy) is 1. The van der Waals surface area contributed by atoms with Gasteiger partial charge in [-0.05, 0) is 13.0 Å². The van der Waals surface area contributed by atoms with Crippen LogP contribution in [0.4, 0.5) is 5.69 Å². The molecule has 0 aliphatic carbocycles. The lowest BCUT2D eigenvalue weighted by atomic mass is 10.1. The third-order valence-corrected chi connectivity index (χ3v) is 2.72. The lowest BCUT2D eigenvalue weighted by Crippen LogP contribution is -2.06. The summed E-state index contributed by atoms with van der Waals surface area (Å²) in [5, 5.41) is 10.9. The summed E-state index contributed by atoms with van der Waals surface area (Å²) in [6, 6.07) is 4.27. The summed E-state index contributed by atoms with van der Waals surface area (Å²) >= 11 is 3.06. The van der Waals surface area contributed by atoms with E-state index in [4.69, 9.17) is 4.74 Å². The van der Waals surface area contributed by atoms with Gasteiger partial charge in [0.2, 0.25) is 0 Å². The highest BCUT2D eigenvalue weighted by atomic mass is 79.9. The summed E-state index contributed by atoms with van der Waals surface area (Å²) in [6.07, 6.45) is 0.127. The van der Waals surface area contributed by atoms with Gasteiger partial charge < -0.3 is 4.74 Å². The molecule has 0 N–H and O–H groups in total.